The number of nitrogens with zero attached hydrogens (tertiary/aromatic N) is 3. The first-order chi connectivity index (χ1) is 9.21. The fourth-order valence-electron chi connectivity index (χ4n) is 1.70. The van der Waals surface area contributed by atoms with Gasteiger partial charge in [-0.25, -0.2) is 9.97 Å². The van der Waals surface area contributed by atoms with E-state index < -0.39 is 0 Å². The highest BCUT2D eigenvalue weighted by molar-refractivity contribution is 7.98. The number of aromatic nitrogens is 2. The Kier molecular flexibility index (Phi) is 7.63. The van der Waals surface area contributed by atoms with Crippen molar-refractivity contribution >= 4 is 23.4 Å². The molecule has 1 aromatic heterocycles. The summed E-state index contributed by atoms with van der Waals surface area (Å²) >= 11 is 1.86. The van der Waals surface area contributed by atoms with E-state index in [-0.39, 0.29) is 0 Å². The van der Waals surface area contributed by atoms with Crippen LogP contribution in [0.25, 0.3) is 0 Å². The van der Waals surface area contributed by atoms with Crippen LogP contribution in [-0.4, -0.2) is 42.1 Å². The second-order valence-corrected chi connectivity index (χ2v) is 5.60. The van der Waals surface area contributed by atoms with Crippen LogP contribution in [0, 0.1) is 0 Å². The average molecular weight is 282 g/mol. The lowest BCUT2D eigenvalue weighted by Crippen LogP contribution is -2.22. The third-order valence-electron chi connectivity index (χ3n) is 2.81. The fourth-order valence-corrected chi connectivity index (χ4v) is 2.16. The molecule has 0 radical (unpaired) electrons. The normalized spacial score (nSPS) is 10.5. The van der Waals surface area contributed by atoms with Gasteiger partial charge in [-0.05, 0) is 19.1 Å². The van der Waals surface area contributed by atoms with Crippen molar-refractivity contribution in [2.75, 3.05) is 42.4 Å². The van der Waals surface area contributed by atoms with Crippen LogP contribution in [0.4, 0.5) is 11.6 Å². The van der Waals surface area contributed by atoms with E-state index in [9.17, 15) is 0 Å². The van der Waals surface area contributed by atoms with Crippen LogP contribution in [0.3, 0.4) is 0 Å². The predicted octanol–water partition coefficient (Wildman–Crippen LogP) is 3.05. The number of anilines is 2. The van der Waals surface area contributed by atoms with Crippen molar-refractivity contribution in [2.45, 2.75) is 33.1 Å². The monoisotopic (exact) mass is 282 g/mol. The van der Waals surface area contributed by atoms with Gasteiger partial charge < -0.3 is 10.2 Å². The number of aryl methyl sites for hydroxylation is 1. The fraction of sp³-hybridized carbons (Fsp3) is 0.714. The van der Waals surface area contributed by atoms with Gasteiger partial charge in [0.1, 0.15) is 17.5 Å². The molecule has 0 bridgehead atoms. The van der Waals surface area contributed by atoms with Gasteiger partial charge in [-0.15, -0.1) is 0 Å². The molecule has 0 aliphatic heterocycles. The van der Waals surface area contributed by atoms with Gasteiger partial charge in [-0.2, -0.15) is 11.8 Å². The Bertz CT molecular complexity index is 370. The highest BCUT2D eigenvalue weighted by atomic mass is 32.2. The molecule has 5 heteroatoms. The van der Waals surface area contributed by atoms with Crippen LogP contribution < -0.4 is 10.2 Å². The first-order valence-corrected chi connectivity index (χ1v) is 8.42. The lowest BCUT2D eigenvalue weighted by Gasteiger charge is -2.19. The molecule has 0 aromatic carbocycles. The maximum Gasteiger partial charge on any atom is 0.134 e. The highest BCUT2D eigenvalue weighted by Crippen LogP contribution is 2.16. The Morgan fingerprint density at radius 2 is 2.05 bits per heavy atom. The highest BCUT2D eigenvalue weighted by Gasteiger charge is 2.07. The van der Waals surface area contributed by atoms with Crippen LogP contribution in [0.2, 0.25) is 0 Å². The standard InChI is InChI=1S/C14H26N4S/c1-5-7-12-16-13(15-8-6-2)11-14(17-12)18(3)9-10-19-4/h11H,5-10H2,1-4H3,(H,15,16,17). The largest absolute Gasteiger partial charge is 0.370 e. The molecular formula is C14H26N4S. The first-order valence-electron chi connectivity index (χ1n) is 7.03. The Morgan fingerprint density at radius 1 is 1.26 bits per heavy atom. The zero-order chi connectivity index (χ0) is 14.1. The van der Waals surface area contributed by atoms with E-state index in [1.54, 1.807) is 0 Å². The molecular weight excluding hydrogens is 256 g/mol. The van der Waals surface area contributed by atoms with Crippen molar-refractivity contribution in [2.24, 2.45) is 0 Å². The molecule has 4 nitrogen and oxygen atoms in total. The molecule has 0 atom stereocenters. The van der Waals surface area contributed by atoms with E-state index in [0.717, 1.165) is 55.6 Å². The van der Waals surface area contributed by atoms with Crippen molar-refractivity contribution in [3.05, 3.63) is 11.9 Å². The summed E-state index contributed by atoms with van der Waals surface area (Å²) in [5, 5.41) is 3.36. The van der Waals surface area contributed by atoms with E-state index >= 15 is 0 Å². The zero-order valence-electron chi connectivity index (χ0n) is 12.6. The van der Waals surface area contributed by atoms with Crippen LogP contribution >= 0.6 is 11.8 Å². The van der Waals surface area contributed by atoms with Crippen LogP contribution in [0.5, 0.6) is 0 Å². The molecule has 1 rings (SSSR count). The van der Waals surface area contributed by atoms with Crippen molar-refractivity contribution in [1.82, 2.24) is 9.97 Å². The van der Waals surface area contributed by atoms with Gasteiger partial charge in [0.15, 0.2) is 0 Å². The summed E-state index contributed by atoms with van der Waals surface area (Å²) < 4.78 is 0. The summed E-state index contributed by atoms with van der Waals surface area (Å²) in [6, 6.07) is 2.05. The maximum absolute atomic E-state index is 4.65. The second-order valence-electron chi connectivity index (χ2n) is 4.62. The Hall–Kier alpha value is -0.970. The minimum absolute atomic E-state index is 0.936. The molecule has 0 unspecified atom stereocenters. The van der Waals surface area contributed by atoms with Crippen LogP contribution in [-0.2, 0) is 6.42 Å². The molecule has 0 aliphatic carbocycles. The minimum Gasteiger partial charge on any atom is -0.370 e. The Labute approximate surface area is 121 Å². The lowest BCUT2D eigenvalue weighted by molar-refractivity contribution is 0.818. The molecule has 108 valence electrons. The molecule has 1 N–H and O–H groups in total. The Morgan fingerprint density at radius 3 is 2.68 bits per heavy atom. The third kappa shape index (κ3) is 5.68. The summed E-state index contributed by atoms with van der Waals surface area (Å²) in [4.78, 5) is 11.4. The topological polar surface area (TPSA) is 41.0 Å². The number of nitrogens with one attached hydrogen (secondary N) is 1. The van der Waals surface area contributed by atoms with Crippen molar-refractivity contribution in [1.29, 1.82) is 0 Å². The second kappa shape index (κ2) is 9.02. The van der Waals surface area contributed by atoms with E-state index in [1.807, 2.05) is 11.8 Å². The zero-order valence-corrected chi connectivity index (χ0v) is 13.4. The molecule has 0 saturated heterocycles. The van der Waals surface area contributed by atoms with Gasteiger partial charge >= 0.3 is 0 Å². The maximum atomic E-state index is 4.65. The van der Waals surface area contributed by atoms with Gasteiger partial charge in [0.25, 0.3) is 0 Å². The number of rotatable bonds is 9. The lowest BCUT2D eigenvalue weighted by atomic mass is 10.3. The molecule has 1 heterocycles. The third-order valence-corrected chi connectivity index (χ3v) is 3.40. The van der Waals surface area contributed by atoms with Crippen molar-refractivity contribution in [3.8, 4) is 0 Å². The first kappa shape index (κ1) is 16.1. The van der Waals surface area contributed by atoms with Crippen molar-refractivity contribution in [3.63, 3.8) is 0 Å². The van der Waals surface area contributed by atoms with Gasteiger partial charge in [0, 0.05) is 38.4 Å². The summed E-state index contributed by atoms with van der Waals surface area (Å²) in [6.07, 6.45) is 5.24. The summed E-state index contributed by atoms with van der Waals surface area (Å²) in [7, 11) is 2.10. The summed E-state index contributed by atoms with van der Waals surface area (Å²) in [5.74, 6) is 4.02. The van der Waals surface area contributed by atoms with Crippen molar-refractivity contribution < 1.29 is 0 Å². The molecule has 0 spiro atoms. The van der Waals surface area contributed by atoms with Gasteiger partial charge in [-0.3, -0.25) is 0 Å². The molecule has 0 fully saturated rings. The van der Waals surface area contributed by atoms with Gasteiger partial charge in [0.2, 0.25) is 0 Å². The number of thioether (sulfide) groups is 1. The number of hydrogen-bond donors (Lipinski definition) is 1. The average Bonchev–Trinajstić information content (AvgIpc) is 2.42. The smallest absolute Gasteiger partial charge is 0.134 e. The quantitative estimate of drug-likeness (QED) is 0.754. The SMILES string of the molecule is CCCNc1cc(N(C)CCSC)nc(CCC)n1. The van der Waals surface area contributed by atoms with E-state index in [1.165, 1.54) is 0 Å². The summed E-state index contributed by atoms with van der Waals surface area (Å²) in [6.45, 7) is 6.28. The molecule has 1 aromatic rings. The molecule has 19 heavy (non-hydrogen) atoms. The van der Waals surface area contributed by atoms with E-state index in [0.29, 0.717) is 0 Å². The van der Waals surface area contributed by atoms with E-state index in [4.69, 9.17) is 0 Å². The Balaban J connectivity index is 2.84. The molecule has 0 amide bonds. The molecule has 0 saturated carbocycles. The van der Waals surface area contributed by atoms with Crippen LogP contribution in [0.15, 0.2) is 6.07 Å². The minimum atomic E-state index is 0.936. The number of hydrogen-bond acceptors (Lipinski definition) is 5. The predicted molar refractivity (Wildman–Crippen MR) is 86.5 cm³/mol. The van der Waals surface area contributed by atoms with E-state index in [2.05, 4.69) is 53.4 Å². The van der Waals surface area contributed by atoms with Gasteiger partial charge in [0.05, 0.1) is 0 Å². The van der Waals surface area contributed by atoms with Gasteiger partial charge in [-0.1, -0.05) is 13.8 Å². The molecule has 0 aliphatic rings. The summed E-state index contributed by atoms with van der Waals surface area (Å²) in [5.41, 5.74) is 0. The van der Waals surface area contributed by atoms with Crippen LogP contribution in [0.1, 0.15) is 32.5 Å².